The summed E-state index contributed by atoms with van der Waals surface area (Å²) in [4.78, 5) is 24.9. The van der Waals surface area contributed by atoms with Gasteiger partial charge in [0.25, 0.3) is 0 Å². The zero-order valence-corrected chi connectivity index (χ0v) is 12.7. The second-order valence-electron chi connectivity index (χ2n) is 6.04. The highest BCUT2D eigenvalue weighted by Gasteiger charge is 2.36. The number of likely N-dealkylation sites (tertiary alicyclic amines) is 1. The van der Waals surface area contributed by atoms with Crippen molar-refractivity contribution in [2.24, 2.45) is 11.8 Å². The molecule has 1 aromatic rings. The van der Waals surface area contributed by atoms with Gasteiger partial charge >= 0.3 is 12.0 Å². The van der Waals surface area contributed by atoms with Gasteiger partial charge in [0.2, 0.25) is 0 Å². The van der Waals surface area contributed by atoms with Crippen LogP contribution >= 0.6 is 0 Å². The summed E-state index contributed by atoms with van der Waals surface area (Å²) in [6.45, 7) is 6.81. The van der Waals surface area contributed by atoms with Gasteiger partial charge in [0.15, 0.2) is 0 Å². The van der Waals surface area contributed by atoms with Crippen LogP contribution in [0.1, 0.15) is 32.3 Å². The molecule has 5 heteroatoms. The van der Waals surface area contributed by atoms with Gasteiger partial charge in [-0.15, -0.1) is 0 Å². The van der Waals surface area contributed by atoms with Crippen molar-refractivity contribution in [2.75, 3.05) is 18.4 Å². The first-order valence-corrected chi connectivity index (χ1v) is 7.27. The summed E-state index contributed by atoms with van der Waals surface area (Å²) >= 11 is 0. The Balaban J connectivity index is 2.02. The van der Waals surface area contributed by atoms with Crippen molar-refractivity contribution in [3.8, 4) is 0 Å². The first kappa shape index (κ1) is 15.4. The molecule has 1 fully saturated rings. The molecule has 1 aromatic carbocycles. The maximum Gasteiger partial charge on any atom is 0.321 e. The van der Waals surface area contributed by atoms with Crippen LogP contribution in [0.4, 0.5) is 10.5 Å². The summed E-state index contributed by atoms with van der Waals surface area (Å²) in [6, 6.07) is 7.51. The van der Waals surface area contributed by atoms with Gasteiger partial charge in [0.05, 0.1) is 5.92 Å². The van der Waals surface area contributed by atoms with E-state index in [2.05, 4.69) is 19.2 Å². The number of aliphatic carboxylic acids is 1. The van der Waals surface area contributed by atoms with Crippen molar-refractivity contribution in [1.29, 1.82) is 0 Å². The minimum Gasteiger partial charge on any atom is -0.481 e. The van der Waals surface area contributed by atoms with Crippen LogP contribution in [-0.4, -0.2) is 35.1 Å². The summed E-state index contributed by atoms with van der Waals surface area (Å²) in [7, 11) is 0. The molecule has 2 rings (SSSR count). The Morgan fingerprint density at radius 1 is 1.33 bits per heavy atom. The van der Waals surface area contributed by atoms with Crippen LogP contribution in [0.25, 0.3) is 0 Å². The number of carbonyl (C=O) groups is 2. The Hall–Kier alpha value is -2.04. The van der Waals surface area contributed by atoms with Crippen molar-refractivity contribution >= 4 is 17.7 Å². The van der Waals surface area contributed by atoms with Crippen molar-refractivity contribution in [1.82, 2.24) is 4.90 Å². The monoisotopic (exact) mass is 290 g/mol. The zero-order chi connectivity index (χ0) is 15.6. The summed E-state index contributed by atoms with van der Waals surface area (Å²) in [5.74, 6) is -0.933. The van der Waals surface area contributed by atoms with Crippen LogP contribution in [0.5, 0.6) is 0 Å². The Bertz CT molecular complexity index is 542. The van der Waals surface area contributed by atoms with E-state index in [0.29, 0.717) is 12.5 Å². The largest absolute Gasteiger partial charge is 0.481 e. The van der Waals surface area contributed by atoms with E-state index in [1.807, 2.05) is 31.2 Å². The Morgan fingerprint density at radius 2 is 2.05 bits per heavy atom. The van der Waals surface area contributed by atoms with Crippen molar-refractivity contribution in [3.05, 3.63) is 29.8 Å². The number of nitrogens with one attached hydrogen (secondary N) is 1. The van der Waals surface area contributed by atoms with E-state index in [1.54, 1.807) is 4.90 Å². The number of carboxylic acids is 1. The molecule has 1 aliphatic heterocycles. The molecule has 1 saturated heterocycles. The van der Waals surface area contributed by atoms with Crippen molar-refractivity contribution in [2.45, 2.75) is 26.7 Å². The van der Waals surface area contributed by atoms with Gasteiger partial charge in [-0.25, -0.2) is 4.79 Å². The normalized spacial score (nSPS) is 21.6. The fourth-order valence-corrected chi connectivity index (χ4v) is 2.63. The number of urea groups is 1. The Kier molecular flexibility index (Phi) is 4.50. The van der Waals surface area contributed by atoms with Crippen LogP contribution in [0.2, 0.25) is 0 Å². The number of carbonyl (C=O) groups excluding carboxylic acids is 1. The average molecular weight is 290 g/mol. The zero-order valence-electron chi connectivity index (χ0n) is 12.7. The van der Waals surface area contributed by atoms with Gasteiger partial charge in [0.1, 0.15) is 0 Å². The molecular formula is C16H22N2O3. The molecule has 1 heterocycles. The third-order valence-electron chi connectivity index (χ3n) is 4.02. The Morgan fingerprint density at radius 3 is 2.62 bits per heavy atom. The van der Waals surface area contributed by atoms with Crippen LogP contribution < -0.4 is 5.32 Å². The molecule has 0 aromatic heterocycles. The fourth-order valence-electron chi connectivity index (χ4n) is 2.63. The smallest absolute Gasteiger partial charge is 0.321 e. The molecule has 0 aliphatic carbocycles. The van der Waals surface area contributed by atoms with Crippen molar-refractivity contribution in [3.63, 3.8) is 0 Å². The van der Waals surface area contributed by atoms with Gasteiger partial charge < -0.3 is 15.3 Å². The first-order chi connectivity index (χ1) is 9.88. The SMILES string of the molecule is CC(C)c1cccc(NC(=O)N2C[C@@H](C)[C@H](C(=O)O)C2)c1. The van der Waals surface area contributed by atoms with Gasteiger partial charge in [0, 0.05) is 18.8 Å². The average Bonchev–Trinajstić information content (AvgIpc) is 2.81. The minimum atomic E-state index is -0.834. The van der Waals surface area contributed by atoms with E-state index in [9.17, 15) is 9.59 Å². The second kappa shape index (κ2) is 6.16. The number of carboxylic acid groups (broad SMARTS) is 1. The highest BCUT2D eigenvalue weighted by molar-refractivity contribution is 5.90. The molecule has 5 nitrogen and oxygen atoms in total. The molecule has 1 aliphatic rings. The lowest BCUT2D eigenvalue weighted by atomic mass is 9.99. The van der Waals surface area contributed by atoms with Gasteiger partial charge in [-0.1, -0.05) is 32.9 Å². The van der Waals surface area contributed by atoms with Gasteiger partial charge in [-0.05, 0) is 29.5 Å². The Labute approximate surface area is 125 Å². The van der Waals surface area contributed by atoms with Crippen LogP contribution in [0.15, 0.2) is 24.3 Å². The lowest BCUT2D eigenvalue weighted by molar-refractivity contribution is -0.142. The highest BCUT2D eigenvalue weighted by atomic mass is 16.4. The van der Waals surface area contributed by atoms with E-state index in [-0.39, 0.29) is 18.5 Å². The molecular weight excluding hydrogens is 268 g/mol. The number of hydrogen-bond acceptors (Lipinski definition) is 2. The third-order valence-corrected chi connectivity index (χ3v) is 4.02. The number of anilines is 1. The number of benzene rings is 1. The molecule has 0 radical (unpaired) electrons. The minimum absolute atomic E-state index is 0.0183. The predicted molar refractivity (Wildman–Crippen MR) is 81.4 cm³/mol. The maximum atomic E-state index is 12.2. The van der Waals surface area contributed by atoms with Gasteiger partial charge in [-0.3, -0.25) is 4.79 Å². The molecule has 0 unspecified atom stereocenters. The molecule has 0 saturated carbocycles. The summed E-state index contributed by atoms with van der Waals surface area (Å²) in [5, 5.41) is 12.0. The summed E-state index contributed by atoms with van der Waals surface area (Å²) < 4.78 is 0. The van der Waals surface area contributed by atoms with Crippen LogP contribution in [0, 0.1) is 11.8 Å². The summed E-state index contributed by atoms with van der Waals surface area (Å²) in [5.41, 5.74) is 1.91. The lowest BCUT2D eigenvalue weighted by Gasteiger charge is -2.17. The number of nitrogens with zero attached hydrogens (tertiary/aromatic N) is 1. The van der Waals surface area contributed by atoms with E-state index in [4.69, 9.17) is 5.11 Å². The second-order valence-corrected chi connectivity index (χ2v) is 6.04. The quantitative estimate of drug-likeness (QED) is 0.899. The van der Waals surface area contributed by atoms with E-state index >= 15 is 0 Å². The molecule has 0 bridgehead atoms. The third kappa shape index (κ3) is 3.54. The topological polar surface area (TPSA) is 69.6 Å². The van der Waals surface area contributed by atoms with E-state index in [0.717, 1.165) is 11.3 Å². The molecule has 114 valence electrons. The molecule has 2 amide bonds. The van der Waals surface area contributed by atoms with Gasteiger partial charge in [-0.2, -0.15) is 0 Å². The standard InChI is InChI=1S/C16H22N2O3/c1-10(2)12-5-4-6-13(7-12)17-16(21)18-8-11(3)14(9-18)15(19)20/h4-7,10-11,14H,8-9H2,1-3H3,(H,17,21)(H,19,20)/t11-,14-/m1/s1. The van der Waals surface area contributed by atoms with Crippen LogP contribution in [-0.2, 0) is 4.79 Å². The maximum absolute atomic E-state index is 12.2. The predicted octanol–water partition coefficient (Wildman–Crippen LogP) is 2.99. The molecule has 21 heavy (non-hydrogen) atoms. The lowest BCUT2D eigenvalue weighted by Crippen LogP contribution is -2.33. The fraction of sp³-hybridized carbons (Fsp3) is 0.500. The molecule has 2 atom stereocenters. The van der Waals surface area contributed by atoms with Crippen molar-refractivity contribution < 1.29 is 14.7 Å². The van der Waals surface area contributed by atoms with Crippen LogP contribution in [0.3, 0.4) is 0 Å². The van der Waals surface area contributed by atoms with E-state index in [1.165, 1.54) is 0 Å². The number of amides is 2. The number of rotatable bonds is 3. The highest BCUT2D eigenvalue weighted by Crippen LogP contribution is 2.24. The first-order valence-electron chi connectivity index (χ1n) is 7.27. The molecule has 0 spiro atoms. The summed E-state index contributed by atoms with van der Waals surface area (Å²) in [6.07, 6.45) is 0. The van der Waals surface area contributed by atoms with E-state index < -0.39 is 11.9 Å². The molecule has 2 N–H and O–H groups in total. The number of hydrogen-bond donors (Lipinski definition) is 2.